The molecule has 0 aliphatic rings. The van der Waals surface area contributed by atoms with Crippen LogP contribution in [0.2, 0.25) is 0 Å². The van der Waals surface area contributed by atoms with Gasteiger partial charge in [0.2, 0.25) is 15.9 Å². The van der Waals surface area contributed by atoms with Crippen LogP contribution in [0, 0.1) is 6.92 Å². The SMILES string of the molecule is COc1ccc(OCCN(CC(=O)Nc2ccccc2C)S(C)(=O)=O)cc1. The average Bonchev–Trinajstić information content (AvgIpc) is 2.62. The number of carbonyl (C=O) groups is 1. The van der Waals surface area contributed by atoms with Crippen LogP contribution in [-0.2, 0) is 14.8 Å². The molecule has 0 bridgehead atoms. The van der Waals surface area contributed by atoms with Crippen molar-refractivity contribution in [3.8, 4) is 11.5 Å². The van der Waals surface area contributed by atoms with Crippen LogP contribution >= 0.6 is 0 Å². The summed E-state index contributed by atoms with van der Waals surface area (Å²) in [5.41, 5.74) is 1.56. The topological polar surface area (TPSA) is 84.9 Å². The van der Waals surface area contributed by atoms with Crippen molar-refractivity contribution < 1.29 is 22.7 Å². The van der Waals surface area contributed by atoms with E-state index in [1.54, 1.807) is 43.5 Å². The maximum atomic E-state index is 12.3. The van der Waals surface area contributed by atoms with Crippen LogP contribution in [0.4, 0.5) is 5.69 Å². The van der Waals surface area contributed by atoms with Crippen molar-refractivity contribution in [2.75, 3.05) is 38.4 Å². The highest BCUT2D eigenvalue weighted by atomic mass is 32.2. The summed E-state index contributed by atoms with van der Waals surface area (Å²) in [5.74, 6) is 0.890. The maximum absolute atomic E-state index is 12.3. The number of hydrogen-bond acceptors (Lipinski definition) is 5. The Kier molecular flexibility index (Phi) is 7.20. The highest BCUT2D eigenvalue weighted by Gasteiger charge is 2.20. The highest BCUT2D eigenvalue weighted by molar-refractivity contribution is 7.88. The number of methoxy groups -OCH3 is 1. The molecule has 0 saturated heterocycles. The zero-order chi connectivity index (χ0) is 19.9. The first-order valence-corrected chi connectivity index (χ1v) is 10.2. The number of nitrogens with one attached hydrogen (secondary N) is 1. The molecule has 1 N–H and O–H groups in total. The molecular weight excluding hydrogens is 368 g/mol. The molecule has 2 rings (SSSR count). The number of hydrogen-bond donors (Lipinski definition) is 1. The summed E-state index contributed by atoms with van der Waals surface area (Å²) in [6.45, 7) is 1.77. The Morgan fingerprint density at radius 2 is 1.70 bits per heavy atom. The summed E-state index contributed by atoms with van der Waals surface area (Å²) in [7, 11) is -1.98. The van der Waals surface area contributed by atoms with E-state index in [0.29, 0.717) is 17.2 Å². The Morgan fingerprint density at radius 3 is 2.30 bits per heavy atom. The highest BCUT2D eigenvalue weighted by Crippen LogP contribution is 2.17. The van der Waals surface area contributed by atoms with E-state index in [4.69, 9.17) is 9.47 Å². The Balaban J connectivity index is 1.92. The molecule has 0 fully saturated rings. The molecule has 0 unspecified atom stereocenters. The van der Waals surface area contributed by atoms with Gasteiger partial charge in [0.25, 0.3) is 0 Å². The van der Waals surface area contributed by atoms with E-state index in [1.165, 1.54) is 0 Å². The van der Waals surface area contributed by atoms with Crippen molar-refractivity contribution in [2.45, 2.75) is 6.92 Å². The van der Waals surface area contributed by atoms with Gasteiger partial charge in [-0.3, -0.25) is 4.79 Å². The van der Waals surface area contributed by atoms with E-state index < -0.39 is 15.9 Å². The van der Waals surface area contributed by atoms with Crippen molar-refractivity contribution in [3.05, 3.63) is 54.1 Å². The minimum Gasteiger partial charge on any atom is -0.497 e. The second-order valence-corrected chi connectivity index (χ2v) is 7.97. The quantitative estimate of drug-likeness (QED) is 0.708. The molecule has 0 heterocycles. The molecule has 146 valence electrons. The molecule has 2 aromatic carbocycles. The molecule has 0 saturated carbocycles. The third-order valence-corrected chi connectivity index (χ3v) is 5.13. The van der Waals surface area contributed by atoms with Gasteiger partial charge >= 0.3 is 0 Å². The van der Waals surface area contributed by atoms with Crippen LogP contribution in [0.1, 0.15) is 5.56 Å². The molecule has 2 aromatic rings. The standard InChI is InChI=1S/C19H24N2O5S/c1-15-6-4-5-7-18(15)20-19(22)14-21(27(3,23)24)12-13-26-17-10-8-16(25-2)9-11-17/h4-11H,12-14H2,1-3H3,(H,20,22). The van der Waals surface area contributed by atoms with Gasteiger partial charge in [-0.05, 0) is 42.8 Å². The van der Waals surface area contributed by atoms with Gasteiger partial charge in [-0.25, -0.2) is 8.42 Å². The van der Waals surface area contributed by atoms with Gasteiger partial charge in [0.15, 0.2) is 0 Å². The lowest BCUT2D eigenvalue weighted by Crippen LogP contribution is -2.39. The lowest BCUT2D eigenvalue weighted by atomic mass is 10.2. The third-order valence-electron chi connectivity index (χ3n) is 3.88. The van der Waals surface area contributed by atoms with E-state index in [0.717, 1.165) is 16.1 Å². The Hall–Kier alpha value is -2.58. The summed E-state index contributed by atoms with van der Waals surface area (Å²) in [4.78, 5) is 12.3. The smallest absolute Gasteiger partial charge is 0.239 e. The number of rotatable bonds is 9. The zero-order valence-corrected chi connectivity index (χ0v) is 16.5. The number of sulfonamides is 1. The van der Waals surface area contributed by atoms with E-state index in [9.17, 15) is 13.2 Å². The fourth-order valence-corrected chi connectivity index (χ4v) is 3.12. The largest absolute Gasteiger partial charge is 0.497 e. The molecule has 0 radical (unpaired) electrons. The van der Waals surface area contributed by atoms with Crippen molar-refractivity contribution in [3.63, 3.8) is 0 Å². The Bertz CT molecular complexity index is 866. The van der Waals surface area contributed by atoms with Crippen LogP contribution in [0.5, 0.6) is 11.5 Å². The number of carbonyl (C=O) groups excluding carboxylic acids is 1. The fourth-order valence-electron chi connectivity index (χ4n) is 2.36. The Morgan fingerprint density at radius 1 is 1.07 bits per heavy atom. The zero-order valence-electron chi connectivity index (χ0n) is 15.6. The molecule has 0 aliphatic carbocycles. The number of ether oxygens (including phenoxy) is 2. The van der Waals surface area contributed by atoms with Crippen molar-refractivity contribution >= 4 is 21.6 Å². The van der Waals surface area contributed by atoms with Gasteiger partial charge in [0.1, 0.15) is 18.1 Å². The van der Waals surface area contributed by atoms with Gasteiger partial charge in [-0.15, -0.1) is 0 Å². The van der Waals surface area contributed by atoms with E-state index >= 15 is 0 Å². The fraction of sp³-hybridized carbons (Fsp3) is 0.316. The summed E-state index contributed by atoms with van der Waals surface area (Å²) < 4.78 is 35.7. The Labute approximate surface area is 160 Å². The summed E-state index contributed by atoms with van der Waals surface area (Å²) in [6.07, 6.45) is 1.07. The first kappa shape index (κ1) is 20.7. The molecule has 1 amide bonds. The lowest BCUT2D eigenvalue weighted by Gasteiger charge is -2.20. The number of nitrogens with zero attached hydrogens (tertiary/aromatic N) is 1. The van der Waals surface area contributed by atoms with Gasteiger partial charge in [0, 0.05) is 12.2 Å². The summed E-state index contributed by atoms with van der Waals surface area (Å²) >= 11 is 0. The third kappa shape index (κ3) is 6.58. The molecule has 0 spiro atoms. The molecule has 0 aliphatic heterocycles. The molecule has 8 heteroatoms. The minimum absolute atomic E-state index is 0.0616. The van der Waals surface area contributed by atoms with Crippen LogP contribution in [0.15, 0.2) is 48.5 Å². The summed E-state index contributed by atoms with van der Waals surface area (Å²) in [6, 6.07) is 14.3. The second kappa shape index (κ2) is 9.38. The lowest BCUT2D eigenvalue weighted by molar-refractivity contribution is -0.116. The van der Waals surface area contributed by atoms with Gasteiger partial charge < -0.3 is 14.8 Å². The summed E-state index contributed by atoms with van der Waals surface area (Å²) in [5, 5.41) is 2.73. The number of amides is 1. The molecule has 27 heavy (non-hydrogen) atoms. The van der Waals surface area contributed by atoms with Crippen molar-refractivity contribution in [2.24, 2.45) is 0 Å². The maximum Gasteiger partial charge on any atom is 0.239 e. The number of aryl methyl sites for hydroxylation is 1. The molecule has 7 nitrogen and oxygen atoms in total. The first-order valence-electron chi connectivity index (χ1n) is 8.37. The second-order valence-electron chi connectivity index (χ2n) is 5.98. The van der Waals surface area contributed by atoms with Crippen molar-refractivity contribution in [1.82, 2.24) is 4.31 Å². The van der Waals surface area contributed by atoms with E-state index in [-0.39, 0.29) is 19.7 Å². The van der Waals surface area contributed by atoms with Crippen molar-refractivity contribution in [1.29, 1.82) is 0 Å². The normalized spacial score (nSPS) is 11.3. The molecule has 0 aromatic heterocycles. The average molecular weight is 392 g/mol. The van der Waals surface area contributed by atoms with E-state index in [2.05, 4.69) is 5.32 Å². The minimum atomic E-state index is -3.55. The van der Waals surface area contributed by atoms with Crippen LogP contribution in [0.3, 0.4) is 0 Å². The predicted molar refractivity (Wildman–Crippen MR) is 105 cm³/mol. The number of benzene rings is 2. The molecular formula is C19H24N2O5S. The van der Waals surface area contributed by atoms with Crippen LogP contribution < -0.4 is 14.8 Å². The van der Waals surface area contributed by atoms with Gasteiger partial charge in [0.05, 0.1) is 19.9 Å². The van der Waals surface area contributed by atoms with Gasteiger partial charge in [-0.2, -0.15) is 4.31 Å². The first-order chi connectivity index (χ1) is 12.8. The van der Waals surface area contributed by atoms with Gasteiger partial charge in [-0.1, -0.05) is 18.2 Å². The van der Waals surface area contributed by atoms with E-state index in [1.807, 2.05) is 19.1 Å². The van der Waals surface area contributed by atoms with Crippen LogP contribution in [0.25, 0.3) is 0 Å². The number of para-hydroxylation sites is 1. The number of anilines is 1. The molecule has 0 atom stereocenters. The predicted octanol–water partition coefficient (Wildman–Crippen LogP) is 2.28. The van der Waals surface area contributed by atoms with Crippen LogP contribution in [-0.4, -0.2) is 51.7 Å². The monoisotopic (exact) mass is 392 g/mol.